The normalized spacial score (nSPS) is 16.1. The summed E-state index contributed by atoms with van der Waals surface area (Å²) in [6, 6.07) is 17.0. The number of hydrogen-bond acceptors (Lipinski definition) is 4. The van der Waals surface area contributed by atoms with E-state index >= 15 is 0 Å². The van der Waals surface area contributed by atoms with Crippen LogP contribution in [0.4, 0.5) is 0 Å². The lowest BCUT2D eigenvalue weighted by molar-refractivity contribution is -0.119. The van der Waals surface area contributed by atoms with Crippen LogP contribution in [0.15, 0.2) is 53.7 Å². The molecule has 0 spiro atoms. The van der Waals surface area contributed by atoms with Crippen LogP contribution in [0.3, 0.4) is 0 Å². The van der Waals surface area contributed by atoms with Crippen molar-refractivity contribution < 1.29 is 4.79 Å². The molecule has 0 unspecified atom stereocenters. The van der Waals surface area contributed by atoms with Gasteiger partial charge in [-0.25, -0.2) is 0 Å². The summed E-state index contributed by atoms with van der Waals surface area (Å²) in [5.74, 6) is 1.17. The third-order valence-electron chi connectivity index (χ3n) is 5.88. The minimum Gasteiger partial charge on any atom is -0.349 e. The second-order valence-corrected chi connectivity index (χ2v) is 10.1. The molecule has 1 heterocycles. The molecule has 1 atom stereocenters. The number of aromatic nitrogens is 3. The third-order valence-corrected chi connectivity index (χ3v) is 6.90. The highest BCUT2D eigenvalue weighted by Crippen LogP contribution is 2.30. The van der Waals surface area contributed by atoms with E-state index in [1.807, 2.05) is 17.7 Å². The smallest absolute Gasteiger partial charge is 0.230 e. The Kier molecular flexibility index (Phi) is 6.19. The van der Waals surface area contributed by atoms with Gasteiger partial charge in [0, 0.05) is 12.6 Å². The fourth-order valence-electron chi connectivity index (χ4n) is 4.08. The summed E-state index contributed by atoms with van der Waals surface area (Å²) >= 11 is 1.43. The highest BCUT2D eigenvalue weighted by atomic mass is 32.2. The predicted molar refractivity (Wildman–Crippen MR) is 126 cm³/mol. The molecule has 0 radical (unpaired) electrons. The number of amides is 1. The maximum absolute atomic E-state index is 12.6. The summed E-state index contributed by atoms with van der Waals surface area (Å²) < 4.78 is 1.96. The van der Waals surface area contributed by atoms with Crippen LogP contribution in [0.1, 0.15) is 56.3 Å². The molecule has 4 rings (SSSR count). The Bertz CT molecular complexity index is 1070. The molecule has 0 fully saturated rings. The van der Waals surface area contributed by atoms with Crippen molar-refractivity contribution in [1.29, 1.82) is 0 Å². The molecule has 31 heavy (non-hydrogen) atoms. The van der Waals surface area contributed by atoms with E-state index in [1.165, 1.54) is 28.5 Å². The predicted octanol–water partition coefficient (Wildman–Crippen LogP) is 5.07. The van der Waals surface area contributed by atoms with Crippen molar-refractivity contribution in [1.82, 2.24) is 20.1 Å². The van der Waals surface area contributed by atoms with Gasteiger partial charge in [-0.1, -0.05) is 81.1 Å². The van der Waals surface area contributed by atoms with E-state index in [1.54, 1.807) is 0 Å². The van der Waals surface area contributed by atoms with Gasteiger partial charge in [-0.05, 0) is 41.4 Å². The summed E-state index contributed by atoms with van der Waals surface area (Å²) in [6.45, 7) is 6.61. The number of fused-ring (bicyclic) bond motifs is 1. The minimum absolute atomic E-state index is 0.0331. The molecule has 1 amide bonds. The van der Waals surface area contributed by atoms with Crippen LogP contribution in [0.2, 0.25) is 0 Å². The quantitative estimate of drug-likeness (QED) is 0.570. The topological polar surface area (TPSA) is 59.8 Å². The summed E-state index contributed by atoms with van der Waals surface area (Å²) in [4.78, 5) is 12.6. The van der Waals surface area contributed by atoms with Crippen LogP contribution >= 0.6 is 11.8 Å². The summed E-state index contributed by atoms with van der Waals surface area (Å²) in [5.41, 5.74) is 5.03. The summed E-state index contributed by atoms with van der Waals surface area (Å²) in [5, 5.41) is 12.6. The number of benzene rings is 2. The van der Waals surface area contributed by atoms with Gasteiger partial charge in [-0.3, -0.25) is 4.79 Å². The van der Waals surface area contributed by atoms with E-state index in [4.69, 9.17) is 0 Å². The van der Waals surface area contributed by atoms with Gasteiger partial charge in [0.25, 0.3) is 0 Å². The number of thioether (sulfide) groups is 1. The number of carbonyl (C=O) groups is 1. The lowest BCUT2D eigenvalue weighted by Crippen LogP contribution is -2.32. The van der Waals surface area contributed by atoms with E-state index in [-0.39, 0.29) is 17.4 Å². The van der Waals surface area contributed by atoms with Crippen molar-refractivity contribution in [3.05, 3.63) is 65.2 Å². The van der Waals surface area contributed by atoms with Crippen LogP contribution in [0.25, 0.3) is 11.4 Å². The zero-order chi connectivity index (χ0) is 22.0. The maximum atomic E-state index is 12.6. The number of aryl methyl sites for hydroxylation is 1. The third kappa shape index (κ3) is 4.85. The van der Waals surface area contributed by atoms with Crippen molar-refractivity contribution in [3.63, 3.8) is 0 Å². The molecule has 0 saturated carbocycles. The van der Waals surface area contributed by atoms with E-state index in [0.29, 0.717) is 5.75 Å². The van der Waals surface area contributed by atoms with E-state index in [2.05, 4.69) is 78.7 Å². The largest absolute Gasteiger partial charge is 0.349 e. The van der Waals surface area contributed by atoms with Crippen molar-refractivity contribution in [2.75, 3.05) is 5.75 Å². The Hall–Kier alpha value is -2.60. The van der Waals surface area contributed by atoms with Crippen LogP contribution in [0, 0.1) is 0 Å². The Balaban J connectivity index is 1.39. The number of nitrogens with zero attached hydrogens (tertiary/aromatic N) is 3. The van der Waals surface area contributed by atoms with Gasteiger partial charge in [0.1, 0.15) is 0 Å². The van der Waals surface area contributed by atoms with Gasteiger partial charge in [-0.2, -0.15) is 0 Å². The summed E-state index contributed by atoms with van der Waals surface area (Å²) in [6.07, 6.45) is 3.19. The van der Waals surface area contributed by atoms with Crippen LogP contribution in [0.5, 0.6) is 0 Å². The van der Waals surface area contributed by atoms with Crippen LogP contribution in [-0.4, -0.2) is 26.4 Å². The molecule has 0 saturated heterocycles. The molecule has 1 aromatic heterocycles. The molecule has 1 aliphatic carbocycles. The van der Waals surface area contributed by atoms with Crippen LogP contribution < -0.4 is 5.32 Å². The van der Waals surface area contributed by atoms with Crippen LogP contribution in [-0.2, 0) is 23.7 Å². The van der Waals surface area contributed by atoms with E-state index < -0.39 is 0 Å². The highest BCUT2D eigenvalue weighted by molar-refractivity contribution is 7.99. The Morgan fingerprint density at radius 2 is 1.87 bits per heavy atom. The van der Waals surface area contributed by atoms with Crippen molar-refractivity contribution in [2.45, 2.75) is 56.6 Å². The molecular weight excluding hydrogens is 404 g/mol. The highest BCUT2D eigenvalue weighted by Gasteiger charge is 2.22. The zero-order valence-electron chi connectivity index (χ0n) is 18.7. The van der Waals surface area contributed by atoms with Crippen molar-refractivity contribution >= 4 is 17.7 Å². The van der Waals surface area contributed by atoms with Gasteiger partial charge in [-0.15, -0.1) is 10.2 Å². The zero-order valence-corrected chi connectivity index (χ0v) is 19.5. The molecule has 3 aromatic rings. The molecule has 5 nitrogen and oxygen atoms in total. The SMILES string of the molecule is Cn1c(SCC(=O)N[C@@H]2CCCc3ccccc32)nnc1-c1ccc(C(C)(C)C)cc1. The van der Waals surface area contributed by atoms with E-state index in [0.717, 1.165) is 35.8 Å². The maximum Gasteiger partial charge on any atom is 0.230 e. The first-order valence-electron chi connectivity index (χ1n) is 10.8. The molecule has 1 N–H and O–H groups in total. The first-order valence-corrected chi connectivity index (χ1v) is 11.8. The first-order chi connectivity index (χ1) is 14.8. The number of carbonyl (C=O) groups excluding carboxylic acids is 1. The number of rotatable bonds is 5. The molecule has 0 bridgehead atoms. The fourth-order valence-corrected chi connectivity index (χ4v) is 4.80. The van der Waals surface area contributed by atoms with E-state index in [9.17, 15) is 4.79 Å². The van der Waals surface area contributed by atoms with Gasteiger partial charge >= 0.3 is 0 Å². The molecule has 6 heteroatoms. The van der Waals surface area contributed by atoms with Gasteiger partial charge < -0.3 is 9.88 Å². The summed E-state index contributed by atoms with van der Waals surface area (Å²) in [7, 11) is 1.95. The molecule has 2 aromatic carbocycles. The second kappa shape index (κ2) is 8.87. The Labute approximate surface area is 188 Å². The fraction of sp³-hybridized carbons (Fsp3) is 0.400. The lowest BCUT2D eigenvalue weighted by atomic mass is 9.87. The van der Waals surface area contributed by atoms with Gasteiger partial charge in [0.2, 0.25) is 5.91 Å². The minimum atomic E-state index is 0.0331. The number of nitrogens with one attached hydrogen (secondary N) is 1. The first kappa shape index (κ1) is 21.6. The Morgan fingerprint density at radius 1 is 1.13 bits per heavy atom. The lowest BCUT2D eigenvalue weighted by Gasteiger charge is -2.26. The monoisotopic (exact) mass is 434 g/mol. The van der Waals surface area contributed by atoms with Crippen molar-refractivity contribution in [2.24, 2.45) is 7.05 Å². The number of hydrogen-bond donors (Lipinski definition) is 1. The van der Waals surface area contributed by atoms with Gasteiger partial charge in [0.15, 0.2) is 11.0 Å². The molecule has 0 aliphatic heterocycles. The molecule has 162 valence electrons. The van der Waals surface area contributed by atoms with Gasteiger partial charge in [0.05, 0.1) is 11.8 Å². The molecular formula is C25H30N4OS. The molecule has 1 aliphatic rings. The van der Waals surface area contributed by atoms with Crippen molar-refractivity contribution in [3.8, 4) is 11.4 Å². The average Bonchev–Trinajstić information content (AvgIpc) is 3.12. The standard InChI is InChI=1S/C25H30N4OS/c1-25(2,3)19-14-12-18(13-15-19)23-27-28-24(29(23)4)31-16-22(30)26-21-11-7-9-17-8-5-6-10-20(17)21/h5-6,8,10,12-15,21H,7,9,11,16H2,1-4H3,(H,26,30)/t21-/m1/s1. The second-order valence-electron chi connectivity index (χ2n) is 9.19. The average molecular weight is 435 g/mol. The Morgan fingerprint density at radius 3 is 2.61 bits per heavy atom.